The highest BCUT2D eigenvalue weighted by molar-refractivity contribution is 5.99. The summed E-state index contributed by atoms with van der Waals surface area (Å²) in [4.78, 5) is 38.2. The van der Waals surface area contributed by atoms with E-state index >= 15 is 0 Å². The number of ether oxygens (including phenoxy) is 4. The first-order valence-electron chi connectivity index (χ1n) is 13.9. The van der Waals surface area contributed by atoms with E-state index in [1.165, 1.54) is 6.20 Å². The first kappa shape index (κ1) is 29.1. The molecular formula is C31H38N4O7. The fourth-order valence-electron chi connectivity index (χ4n) is 5.97. The molecule has 2 aromatic heterocycles. The second-order valence-corrected chi connectivity index (χ2v) is 11.8. The Labute approximate surface area is 245 Å². The summed E-state index contributed by atoms with van der Waals surface area (Å²) in [5.41, 5.74) is 2.17. The van der Waals surface area contributed by atoms with Crippen molar-refractivity contribution in [3.05, 3.63) is 53.3 Å². The van der Waals surface area contributed by atoms with Crippen molar-refractivity contribution in [1.82, 2.24) is 19.8 Å². The Balaban J connectivity index is 1.59. The third-order valence-electron chi connectivity index (χ3n) is 7.81. The van der Waals surface area contributed by atoms with Gasteiger partial charge in [-0.2, -0.15) is 0 Å². The third kappa shape index (κ3) is 5.55. The molecule has 42 heavy (non-hydrogen) atoms. The summed E-state index contributed by atoms with van der Waals surface area (Å²) >= 11 is 0. The standard InChI is InChI=1S/C31H38N4O7/c1-30(2,3)42-29(38)34-11-7-9-31(17-34)18-35(16-22-24(40-5)13-20(39-4)14-25(22)41-6)28(37)21-15-23(33-27(21)31)19-8-10-32-26(36)12-19/h8,10,12-15,33H,7,9,11,16-18H2,1-6H3,(H,32,36). The van der Waals surface area contributed by atoms with Crippen molar-refractivity contribution in [3.63, 3.8) is 0 Å². The van der Waals surface area contributed by atoms with E-state index in [0.717, 1.165) is 18.5 Å². The number of aromatic nitrogens is 2. The van der Waals surface area contributed by atoms with E-state index in [2.05, 4.69) is 9.97 Å². The molecule has 1 aromatic carbocycles. The fraction of sp³-hybridized carbons (Fsp3) is 0.452. The number of nitrogens with one attached hydrogen (secondary N) is 1. The number of carbonyl (C=O) groups excluding carboxylic acids is 2. The van der Waals surface area contributed by atoms with Crippen molar-refractivity contribution in [2.24, 2.45) is 0 Å². The number of pyridine rings is 1. The minimum Gasteiger partial charge on any atom is -0.496 e. The highest BCUT2D eigenvalue weighted by Crippen LogP contribution is 2.44. The van der Waals surface area contributed by atoms with Crippen LogP contribution in [0.1, 0.15) is 55.2 Å². The maximum Gasteiger partial charge on any atom is 0.410 e. The number of benzene rings is 1. The van der Waals surface area contributed by atoms with Crippen LogP contribution in [0.5, 0.6) is 23.1 Å². The van der Waals surface area contributed by atoms with Crippen molar-refractivity contribution >= 4 is 12.0 Å². The fourth-order valence-corrected chi connectivity index (χ4v) is 5.97. The van der Waals surface area contributed by atoms with Crippen LogP contribution in [0, 0.1) is 0 Å². The van der Waals surface area contributed by atoms with Gasteiger partial charge in [-0.25, -0.2) is 9.78 Å². The number of hydrogen-bond acceptors (Lipinski definition) is 8. The van der Waals surface area contributed by atoms with Gasteiger partial charge >= 0.3 is 6.09 Å². The molecule has 0 bridgehead atoms. The molecule has 1 atom stereocenters. The lowest BCUT2D eigenvalue weighted by Crippen LogP contribution is -2.58. The Morgan fingerprint density at radius 1 is 1.07 bits per heavy atom. The first-order chi connectivity index (χ1) is 20.0. The Bertz CT molecular complexity index is 1470. The van der Waals surface area contributed by atoms with Gasteiger partial charge in [0.1, 0.15) is 22.8 Å². The number of aromatic hydroxyl groups is 1. The molecule has 0 saturated carbocycles. The zero-order chi connectivity index (χ0) is 30.2. The van der Waals surface area contributed by atoms with Gasteiger partial charge in [-0.05, 0) is 45.7 Å². The molecule has 2 aliphatic heterocycles. The monoisotopic (exact) mass is 578 g/mol. The van der Waals surface area contributed by atoms with Crippen LogP contribution in [0.4, 0.5) is 4.79 Å². The summed E-state index contributed by atoms with van der Waals surface area (Å²) in [5, 5.41) is 10.0. The number of carbonyl (C=O) groups is 2. The minimum absolute atomic E-state index is 0.116. The summed E-state index contributed by atoms with van der Waals surface area (Å²) in [6, 6.07) is 8.67. The van der Waals surface area contributed by atoms with Gasteiger partial charge in [0.25, 0.3) is 5.91 Å². The number of hydrogen-bond donors (Lipinski definition) is 2. The Hall–Kier alpha value is -4.41. The molecule has 1 spiro atoms. The minimum atomic E-state index is -0.633. The van der Waals surface area contributed by atoms with Crippen LogP contribution in [-0.4, -0.2) is 83.4 Å². The first-order valence-corrected chi connectivity index (χ1v) is 13.9. The normalized spacial score (nSPS) is 18.6. The maximum atomic E-state index is 14.1. The molecular weight excluding hydrogens is 540 g/mol. The summed E-state index contributed by atoms with van der Waals surface area (Å²) in [7, 11) is 4.70. The lowest BCUT2D eigenvalue weighted by atomic mass is 9.73. The summed E-state index contributed by atoms with van der Waals surface area (Å²) < 4.78 is 22.5. The van der Waals surface area contributed by atoms with E-state index in [1.54, 1.807) is 55.4 Å². The maximum absolute atomic E-state index is 14.1. The number of amides is 2. The summed E-state index contributed by atoms with van der Waals surface area (Å²) in [6.07, 6.45) is 2.62. The Morgan fingerprint density at radius 3 is 2.40 bits per heavy atom. The number of rotatable bonds is 6. The topological polar surface area (TPSA) is 126 Å². The van der Waals surface area contributed by atoms with E-state index in [-0.39, 0.29) is 24.4 Å². The zero-order valence-corrected chi connectivity index (χ0v) is 24.9. The lowest BCUT2D eigenvalue weighted by Gasteiger charge is -2.47. The second kappa shape index (κ2) is 11.1. The molecule has 1 fully saturated rings. The number of piperidine rings is 1. The van der Waals surface area contributed by atoms with E-state index in [0.29, 0.717) is 59.3 Å². The van der Waals surface area contributed by atoms with Gasteiger partial charge in [0.05, 0.1) is 39.0 Å². The van der Waals surface area contributed by atoms with E-state index in [4.69, 9.17) is 18.9 Å². The average molecular weight is 579 g/mol. The Kier molecular flexibility index (Phi) is 7.70. The summed E-state index contributed by atoms with van der Waals surface area (Å²) in [5.74, 6) is 1.38. The van der Waals surface area contributed by atoms with Crippen molar-refractivity contribution < 1.29 is 33.6 Å². The van der Waals surface area contributed by atoms with Crippen LogP contribution in [0.2, 0.25) is 0 Å². The number of nitrogens with zero attached hydrogens (tertiary/aromatic N) is 3. The predicted octanol–water partition coefficient (Wildman–Crippen LogP) is 4.73. The van der Waals surface area contributed by atoms with Gasteiger partial charge in [0.2, 0.25) is 5.88 Å². The third-order valence-corrected chi connectivity index (χ3v) is 7.81. The molecule has 3 aromatic rings. The zero-order valence-electron chi connectivity index (χ0n) is 24.9. The molecule has 1 unspecified atom stereocenters. The van der Waals surface area contributed by atoms with Crippen LogP contribution < -0.4 is 14.2 Å². The number of H-pyrrole nitrogens is 1. The van der Waals surface area contributed by atoms with Crippen LogP contribution in [-0.2, 0) is 16.7 Å². The van der Waals surface area contributed by atoms with Crippen molar-refractivity contribution in [2.45, 2.75) is 51.2 Å². The highest BCUT2D eigenvalue weighted by Gasteiger charge is 2.48. The molecule has 2 N–H and O–H groups in total. The number of likely N-dealkylation sites (tertiary alicyclic amines) is 1. The molecule has 2 aliphatic rings. The lowest BCUT2D eigenvalue weighted by molar-refractivity contribution is 0.00818. The number of methoxy groups -OCH3 is 3. The van der Waals surface area contributed by atoms with Crippen molar-refractivity contribution in [2.75, 3.05) is 41.0 Å². The van der Waals surface area contributed by atoms with E-state index in [1.807, 2.05) is 26.8 Å². The molecule has 1 saturated heterocycles. The molecule has 4 heterocycles. The number of aromatic amines is 1. The molecule has 0 aliphatic carbocycles. The SMILES string of the molecule is COc1cc(OC)c(CN2CC3(CCCN(C(=O)OC(C)(C)C)C3)c3[nH]c(-c4ccnc(O)c4)cc3C2=O)c(OC)c1. The molecule has 0 radical (unpaired) electrons. The van der Waals surface area contributed by atoms with Gasteiger partial charge in [-0.15, -0.1) is 0 Å². The van der Waals surface area contributed by atoms with E-state index in [9.17, 15) is 14.7 Å². The molecule has 11 nitrogen and oxygen atoms in total. The van der Waals surface area contributed by atoms with Gasteiger partial charge in [-0.3, -0.25) is 4.79 Å². The molecule has 2 amide bonds. The van der Waals surface area contributed by atoms with Crippen LogP contribution >= 0.6 is 0 Å². The van der Waals surface area contributed by atoms with E-state index < -0.39 is 11.0 Å². The highest BCUT2D eigenvalue weighted by atomic mass is 16.6. The van der Waals surface area contributed by atoms with Crippen molar-refractivity contribution in [1.29, 1.82) is 0 Å². The van der Waals surface area contributed by atoms with Crippen molar-refractivity contribution in [3.8, 4) is 34.4 Å². The average Bonchev–Trinajstić information content (AvgIpc) is 3.42. The van der Waals surface area contributed by atoms with Crippen LogP contribution in [0.15, 0.2) is 36.5 Å². The number of fused-ring (bicyclic) bond motifs is 2. The molecule has 224 valence electrons. The van der Waals surface area contributed by atoms with Gasteiger partial charge in [-0.1, -0.05) is 0 Å². The summed E-state index contributed by atoms with van der Waals surface area (Å²) in [6.45, 7) is 7.06. The van der Waals surface area contributed by atoms with Gasteiger partial charge in [0, 0.05) is 66.4 Å². The van der Waals surface area contributed by atoms with Crippen LogP contribution in [0.25, 0.3) is 11.3 Å². The Morgan fingerprint density at radius 2 is 1.79 bits per heavy atom. The smallest absolute Gasteiger partial charge is 0.410 e. The predicted molar refractivity (Wildman–Crippen MR) is 155 cm³/mol. The molecule has 5 rings (SSSR count). The largest absolute Gasteiger partial charge is 0.496 e. The van der Waals surface area contributed by atoms with Crippen LogP contribution in [0.3, 0.4) is 0 Å². The quantitative estimate of drug-likeness (QED) is 0.430. The van der Waals surface area contributed by atoms with Gasteiger partial charge < -0.3 is 38.8 Å². The molecule has 11 heteroatoms. The second-order valence-electron chi connectivity index (χ2n) is 11.8. The van der Waals surface area contributed by atoms with Gasteiger partial charge in [0.15, 0.2) is 0 Å².